The topological polar surface area (TPSA) is 34.0 Å². The summed E-state index contributed by atoms with van der Waals surface area (Å²) in [6.07, 6.45) is 1.84. The summed E-state index contributed by atoms with van der Waals surface area (Å²) in [4.78, 5) is 11.9. The Kier molecular flexibility index (Phi) is 4.68. The summed E-state index contributed by atoms with van der Waals surface area (Å²) >= 11 is 0. The normalized spacial score (nSPS) is 11.3. The molecule has 148 valence electrons. The number of para-hydroxylation sites is 2. The predicted octanol–water partition coefficient (Wildman–Crippen LogP) is 6.09. The van der Waals surface area contributed by atoms with Gasteiger partial charge in [0.2, 0.25) is 0 Å². The molecule has 5 aromatic rings. The number of rotatable bonds is 5. The number of fused-ring (bicyclic) bond motifs is 2. The van der Waals surface area contributed by atoms with Crippen molar-refractivity contribution in [2.75, 3.05) is 18.0 Å². The number of aromatic nitrogens is 3. The molecule has 0 aliphatic heterocycles. The first-order valence-electron chi connectivity index (χ1n) is 10.5. The van der Waals surface area contributed by atoms with E-state index in [0.29, 0.717) is 0 Å². The van der Waals surface area contributed by atoms with Crippen LogP contribution < -0.4 is 4.90 Å². The number of nitrogens with zero attached hydrogens (tertiary/aromatic N) is 4. The molecule has 0 saturated carbocycles. The Labute approximate surface area is 176 Å². The molecule has 0 aliphatic rings. The van der Waals surface area contributed by atoms with Gasteiger partial charge in [-0.15, -0.1) is 0 Å². The van der Waals surface area contributed by atoms with E-state index in [1.54, 1.807) is 0 Å². The lowest BCUT2D eigenvalue weighted by Gasteiger charge is -2.21. The van der Waals surface area contributed by atoms with E-state index in [1.807, 2.05) is 18.3 Å². The molecule has 3 aromatic carbocycles. The van der Waals surface area contributed by atoms with Crippen LogP contribution in [0.1, 0.15) is 13.8 Å². The second-order valence-corrected chi connectivity index (χ2v) is 7.33. The zero-order valence-corrected chi connectivity index (χ0v) is 17.3. The second kappa shape index (κ2) is 7.64. The van der Waals surface area contributed by atoms with E-state index >= 15 is 0 Å². The number of hydrogen-bond donors (Lipinski definition) is 0. The monoisotopic (exact) mass is 392 g/mol. The van der Waals surface area contributed by atoms with Gasteiger partial charge in [-0.25, -0.2) is 4.98 Å². The Morgan fingerprint density at radius 3 is 2.33 bits per heavy atom. The number of benzene rings is 3. The largest absolute Gasteiger partial charge is 0.372 e. The maximum Gasteiger partial charge on any atom is 0.145 e. The minimum atomic E-state index is 0.943. The van der Waals surface area contributed by atoms with Crippen molar-refractivity contribution in [3.8, 4) is 17.1 Å². The first-order chi connectivity index (χ1) is 14.8. The van der Waals surface area contributed by atoms with Gasteiger partial charge in [-0.05, 0) is 74.5 Å². The van der Waals surface area contributed by atoms with Gasteiger partial charge in [-0.3, -0.25) is 9.55 Å². The molecule has 0 atom stereocenters. The van der Waals surface area contributed by atoms with Crippen molar-refractivity contribution in [2.24, 2.45) is 0 Å². The molecule has 30 heavy (non-hydrogen) atoms. The van der Waals surface area contributed by atoms with E-state index in [2.05, 4.69) is 95.0 Å². The fraction of sp³-hybridized carbons (Fsp3) is 0.154. The van der Waals surface area contributed by atoms with Gasteiger partial charge in [0.05, 0.1) is 22.2 Å². The van der Waals surface area contributed by atoms with Crippen molar-refractivity contribution in [3.05, 3.63) is 85.1 Å². The van der Waals surface area contributed by atoms with Gasteiger partial charge in [0.1, 0.15) is 5.82 Å². The average molecular weight is 393 g/mol. The number of hydrogen-bond acceptors (Lipinski definition) is 3. The first kappa shape index (κ1) is 18.4. The molecule has 0 radical (unpaired) electrons. The fourth-order valence-corrected chi connectivity index (χ4v) is 4.16. The Hall–Kier alpha value is -3.66. The van der Waals surface area contributed by atoms with Crippen molar-refractivity contribution in [2.45, 2.75) is 13.8 Å². The zero-order chi connectivity index (χ0) is 20.5. The summed E-state index contributed by atoms with van der Waals surface area (Å²) in [6, 6.07) is 27.4. The van der Waals surface area contributed by atoms with E-state index in [-0.39, 0.29) is 0 Å². The fourth-order valence-electron chi connectivity index (χ4n) is 4.16. The number of anilines is 1. The van der Waals surface area contributed by atoms with Crippen molar-refractivity contribution in [1.29, 1.82) is 0 Å². The third-order valence-electron chi connectivity index (χ3n) is 5.68. The van der Waals surface area contributed by atoms with Crippen molar-refractivity contribution >= 4 is 27.6 Å². The lowest BCUT2D eigenvalue weighted by atomic mass is 10.1. The Balaban J connectivity index is 1.74. The molecule has 2 heterocycles. The van der Waals surface area contributed by atoms with Crippen molar-refractivity contribution in [3.63, 3.8) is 0 Å². The van der Waals surface area contributed by atoms with E-state index in [4.69, 9.17) is 4.98 Å². The predicted molar refractivity (Wildman–Crippen MR) is 125 cm³/mol. The van der Waals surface area contributed by atoms with E-state index in [0.717, 1.165) is 52.1 Å². The molecule has 0 unspecified atom stereocenters. The van der Waals surface area contributed by atoms with Gasteiger partial charge < -0.3 is 4.90 Å². The van der Waals surface area contributed by atoms with Gasteiger partial charge in [0.15, 0.2) is 0 Å². The summed E-state index contributed by atoms with van der Waals surface area (Å²) < 4.78 is 2.26. The molecular formula is C26H24N4. The van der Waals surface area contributed by atoms with Crippen LogP contribution in [-0.2, 0) is 0 Å². The van der Waals surface area contributed by atoms with Crippen LogP contribution in [0.15, 0.2) is 85.1 Å². The van der Waals surface area contributed by atoms with Gasteiger partial charge in [0, 0.05) is 35.9 Å². The van der Waals surface area contributed by atoms with Crippen LogP contribution in [0.25, 0.3) is 39.0 Å². The smallest absolute Gasteiger partial charge is 0.145 e. The van der Waals surface area contributed by atoms with E-state index in [1.165, 1.54) is 5.69 Å². The highest BCUT2D eigenvalue weighted by Gasteiger charge is 2.16. The van der Waals surface area contributed by atoms with Gasteiger partial charge in [-0.1, -0.05) is 18.2 Å². The quantitative estimate of drug-likeness (QED) is 0.363. The summed E-state index contributed by atoms with van der Waals surface area (Å²) in [7, 11) is 0. The molecule has 4 heteroatoms. The van der Waals surface area contributed by atoms with Crippen LogP contribution in [0.3, 0.4) is 0 Å². The molecular weight excluding hydrogens is 368 g/mol. The Bertz CT molecular complexity index is 1310. The highest BCUT2D eigenvalue weighted by molar-refractivity contribution is 5.92. The molecule has 0 N–H and O–H groups in total. The van der Waals surface area contributed by atoms with E-state index in [9.17, 15) is 0 Å². The van der Waals surface area contributed by atoms with Gasteiger partial charge in [-0.2, -0.15) is 0 Å². The Morgan fingerprint density at radius 2 is 1.53 bits per heavy atom. The molecule has 0 saturated heterocycles. The molecule has 0 aliphatic carbocycles. The van der Waals surface area contributed by atoms with Crippen LogP contribution in [0.2, 0.25) is 0 Å². The van der Waals surface area contributed by atoms with Crippen LogP contribution in [0, 0.1) is 0 Å². The van der Waals surface area contributed by atoms with Crippen LogP contribution in [-0.4, -0.2) is 27.6 Å². The molecule has 0 spiro atoms. The van der Waals surface area contributed by atoms with Crippen molar-refractivity contribution < 1.29 is 0 Å². The molecule has 0 fully saturated rings. The van der Waals surface area contributed by atoms with Crippen LogP contribution in [0.4, 0.5) is 5.69 Å². The summed E-state index contributed by atoms with van der Waals surface area (Å²) in [5.41, 5.74) is 6.49. The highest BCUT2D eigenvalue weighted by atomic mass is 15.1. The maximum absolute atomic E-state index is 5.01. The zero-order valence-electron chi connectivity index (χ0n) is 17.3. The Morgan fingerprint density at radius 1 is 0.767 bits per heavy atom. The third kappa shape index (κ3) is 3.01. The van der Waals surface area contributed by atoms with E-state index < -0.39 is 0 Å². The second-order valence-electron chi connectivity index (χ2n) is 7.33. The number of imidazole rings is 1. The highest BCUT2D eigenvalue weighted by Crippen LogP contribution is 2.32. The summed E-state index contributed by atoms with van der Waals surface area (Å²) in [5.74, 6) is 0.943. The number of pyridine rings is 1. The summed E-state index contributed by atoms with van der Waals surface area (Å²) in [5, 5.41) is 1.11. The molecule has 2 aromatic heterocycles. The minimum Gasteiger partial charge on any atom is -0.372 e. The molecule has 0 amide bonds. The first-order valence-corrected chi connectivity index (χ1v) is 10.5. The standard InChI is InChI=1S/C26H24N4/c1-3-29(4-2)20-16-14-19(15-17-20)26-28-23-10-5-6-12-25(23)30(26)24-13-7-11-22-21(24)9-8-18-27-22/h5-18H,3-4H2,1-2H3. The minimum absolute atomic E-state index is 0.943. The average Bonchev–Trinajstić information content (AvgIpc) is 3.19. The lowest BCUT2D eigenvalue weighted by molar-refractivity contribution is 0.866. The summed E-state index contributed by atoms with van der Waals surface area (Å²) in [6.45, 7) is 6.37. The lowest BCUT2D eigenvalue weighted by Crippen LogP contribution is -2.21. The van der Waals surface area contributed by atoms with Gasteiger partial charge >= 0.3 is 0 Å². The van der Waals surface area contributed by atoms with Crippen LogP contribution >= 0.6 is 0 Å². The third-order valence-corrected chi connectivity index (χ3v) is 5.68. The maximum atomic E-state index is 5.01. The molecule has 0 bridgehead atoms. The molecule has 5 rings (SSSR count). The van der Waals surface area contributed by atoms with Crippen LogP contribution in [0.5, 0.6) is 0 Å². The van der Waals surface area contributed by atoms with Gasteiger partial charge in [0.25, 0.3) is 0 Å². The molecule has 4 nitrogen and oxygen atoms in total. The van der Waals surface area contributed by atoms with Crippen molar-refractivity contribution in [1.82, 2.24) is 14.5 Å². The SMILES string of the molecule is CCN(CC)c1ccc(-c2nc3ccccc3n2-c2cccc3ncccc23)cc1.